The molecule has 2 amide bonds. The number of rotatable bonds is 1. The Hall–Kier alpha value is -1.76. The summed E-state index contributed by atoms with van der Waals surface area (Å²) in [5.74, 6) is -0.974. The number of aromatic nitrogens is 2. The highest BCUT2D eigenvalue weighted by Gasteiger charge is 2.30. The van der Waals surface area contributed by atoms with Gasteiger partial charge in [0.2, 0.25) is 5.91 Å². The number of carbonyl (C=O) groups excluding carboxylic acids is 2. The molecular weight excluding hydrogens is 339 g/mol. The van der Waals surface area contributed by atoms with Gasteiger partial charge in [-0.25, -0.2) is 4.68 Å². The van der Waals surface area contributed by atoms with E-state index < -0.39 is 11.8 Å². The van der Waals surface area contributed by atoms with Crippen LogP contribution in [-0.4, -0.2) is 21.6 Å². The smallest absolute Gasteiger partial charge is 0.263 e. The van der Waals surface area contributed by atoms with E-state index in [4.69, 9.17) is 40.5 Å². The second kappa shape index (κ2) is 4.91. The van der Waals surface area contributed by atoms with Gasteiger partial charge in [-0.05, 0) is 12.1 Å². The molecule has 0 saturated carbocycles. The highest BCUT2D eigenvalue weighted by atomic mass is 35.5. The van der Waals surface area contributed by atoms with Crippen LogP contribution in [0.4, 0.5) is 5.82 Å². The molecule has 1 aromatic heterocycles. The Morgan fingerprint density at radius 2 is 1.81 bits per heavy atom. The van der Waals surface area contributed by atoms with Crippen LogP contribution in [-0.2, 0) is 11.2 Å². The highest BCUT2D eigenvalue weighted by molar-refractivity contribution is 6.40. The van der Waals surface area contributed by atoms with Gasteiger partial charge in [-0.2, -0.15) is 5.10 Å². The van der Waals surface area contributed by atoms with Crippen molar-refractivity contribution in [3.8, 4) is 5.69 Å². The molecule has 1 aromatic carbocycles. The number of nitrogens with one attached hydrogen (secondary N) is 1. The molecule has 0 aliphatic carbocycles. The van der Waals surface area contributed by atoms with Crippen molar-refractivity contribution in [1.82, 2.24) is 15.1 Å². The second-order valence-electron chi connectivity index (χ2n) is 4.39. The lowest BCUT2D eigenvalue weighted by atomic mass is 10.1. The van der Waals surface area contributed by atoms with Gasteiger partial charge in [0.25, 0.3) is 5.91 Å². The Labute approximate surface area is 133 Å². The Balaban J connectivity index is 2.25. The van der Waals surface area contributed by atoms with E-state index in [1.165, 1.54) is 16.8 Å². The summed E-state index contributed by atoms with van der Waals surface area (Å²) in [5.41, 5.74) is 6.68. The van der Waals surface area contributed by atoms with E-state index in [0.29, 0.717) is 10.7 Å². The molecule has 2 aromatic rings. The lowest BCUT2D eigenvalue weighted by Gasteiger charge is -2.10. The maximum Gasteiger partial charge on any atom is 0.263 e. The molecule has 0 spiro atoms. The van der Waals surface area contributed by atoms with Crippen LogP contribution in [0.5, 0.6) is 0 Å². The lowest BCUT2D eigenvalue weighted by molar-refractivity contribution is -0.119. The summed E-state index contributed by atoms with van der Waals surface area (Å²) in [6, 6.07) is 2.96. The van der Waals surface area contributed by atoms with E-state index in [9.17, 15) is 9.59 Å². The van der Waals surface area contributed by atoms with Crippen LogP contribution < -0.4 is 11.1 Å². The van der Waals surface area contributed by atoms with Crippen LogP contribution in [0.25, 0.3) is 5.69 Å². The normalized spacial score (nSPS) is 14.0. The van der Waals surface area contributed by atoms with Crippen molar-refractivity contribution in [3.05, 3.63) is 38.5 Å². The standard InChI is InChI=1S/C12H7Cl3N4O2/c13-4-1-5(14)10(6(15)2-4)19-11(16)9-7(18-19)3-8(20)17-12(9)21/h1-2H,3,16H2,(H,17,20,21). The Bertz CT molecular complexity index is 777. The van der Waals surface area contributed by atoms with Gasteiger partial charge in [0.15, 0.2) is 0 Å². The minimum Gasteiger partial charge on any atom is -0.383 e. The van der Waals surface area contributed by atoms with Crippen molar-refractivity contribution in [2.24, 2.45) is 0 Å². The van der Waals surface area contributed by atoms with Crippen LogP contribution >= 0.6 is 34.8 Å². The fourth-order valence-corrected chi connectivity index (χ4v) is 3.12. The molecule has 21 heavy (non-hydrogen) atoms. The van der Waals surface area contributed by atoms with E-state index in [0.717, 1.165) is 0 Å². The summed E-state index contributed by atoms with van der Waals surface area (Å²) < 4.78 is 1.24. The lowest BCUT2D eigenvalue weighted by Crippen LogP contribution is -2.37. The quantitative estimate of drug-likeness (QED) is 0.776. The Kier molecular flexibility index (Phi) is 3.32. The molecule has 1 aliphatic rings. The van der Waals surface area contributed by atoms with E-state index in [2.05, 4.69) is 10.4 Å². The number of nitrogen functional groups attached to an aromatic ring is 1. The zero-order valence-electron chi connectivity index (χ0n) is 10.3. The molecule has 0 atom stereocenters. The maximum atomic E-state index is 11.8. The van der Waals surface area contributed by atoms with Gasteiger partial charge in [0, 0.05) is 5.02 Å². The highest BCUT2D eigenvalue weighted by Crippen LogP contribution is 2.35. The molecule has 9 heteroatoms. The fraction of sp³-hybridized carbons (Fsp3) is 0.0833. The van der Waals surface area contributed by atoms with Gasteiger partial charge in [-0.3, -0.25) is 14.9 Å². The van der Waals surface area contributed by atoms with Gasteiger partial charge in [-0.15, -0.1) is 0 Å². The first kappa shape index (κ1) is 14.2. The minimum absolute atomic E-state index is 0.0406. The maximum absolute atomic E-state index is 11.8. The van der Waals surface area contributed by atoms with Crippen LogP contribution in [0.15, 0.2) is 12.1 Å². The number of halogens is 3. The summed E-state index contributed by atoms with van der Waals surface area (Å²) in [6.07, 6.45) is -0.0406. The van der Waals surface area contributed by atoms with E-state index in [1.54, 1.807) is 0 Å². The number of benzene rings is 1. The van der Waals surface area contributed by atoms with E-state index in [-0.39, 0.29) is 33.5 Å². The topological polar surface area (TPSA) is 90.0 Å². The summed E-state index contributed by atoms with van der Waals surface area (Å²) in [7, 11) is 0. The molecule has 0 bridgehead atoms. The molecule has 1 aliphatic heterocycles. The Morgan fingerprint density at radius 3 is 2.43 bits per heavy atom. The first-order chi connectivity index (χ1) is 9.88. The SMILES string of the molecule is Nc1c2c(nn1-c1c(Cl)cc(Cl)cc1Cl)CC(=O)NC2=O. The van der Waals surface area contributed by atoms with Crippen molar-refractivity contribution in [2.75, 3.05) is 5.73 Å². The van der Waals surface area contributed by atoms with Crippen molar-refractivity contribution in [3.63, 3.8) is 0 Å². The summed E-state index contributed by atoms with van der Waals surface area (Å²) >= 11 is 18.1. The molecule has 0 fully saturated rings. The summed E-state index contributed by atoms with van der Waals surface area (Å²) in [5, 5.41) is 7.17. The number of hydrogen-bond donors (Lipinski definition) is 2. The third kappa shape index (κ3) is 2.25. The van der Waals surface area contributed by atoms with Crippen LogP contribution in [0.2, 0.25) is 15.1 Å². The van der Waals surface area contributed by atoms with E-state index >= 15 is 0 Å². The number of nitrogens with zero attached hydrogens (tertiary/aromatic N) is 2. The van der Waals surface area contributed by atoms with E-state index in [1.807, 2.05) is 0 Å². The van der Waals surface area contributed by atoms with Gasteiger partial charge >= 0.3 is 0 Å². The van der Waals surface area contributed by atoms with Crippen LogP contribution in [0, 0.1) is 0 Å². The van der Waals surface area contributed by atoms with Gasteiger partial charge in [-0.1, -0.05) is 34.8 Å². The van der Waals surface area contributed by atoms with Gasteiger partial charge in [0.05, 0.1) is 22.2 Å². The number of amides is 2. The van der Waals surface area contributed by atoms with Gasteiger partial charge in [0.1, 0.15) is 17.1 Å². The molecule has 0 radical (unpaired) electrons. The fourth-order valence-electron chi connectivity index (χ4n) is 2.14. The molecular formula is C12H7Cl3N4O2. The number of anilines is 1. The average molecular weight is 346 g/mol. The largest absolute Gasteiger partial charge is 0.383 e. The summed E-state index contributed by atoms with van der Waals surface area (Å²) in [6.45, 7) is 0. The minimum atomic E-state index is -0.591. The number of nitrogens with two attached hydrogens (primary N) is 1. The predicted octanol–water partition coefficient (Wildman–Crippen LogP) is 2.23. The molecule has 3 N–H and O–H groups in total. The summed E-state index contributed by atoms with van der Waals surface area (Å²) in [4.78, 5) is 23.2. The molecule has 2 heterocycles. The number of fused-ring (bicyclic) bond motifs is 1. The molecule has 3 rings (SSSR count). The Morgan fingerprint density at radius 1 is 1.19 bits per heavy atom. The average Bonchev–Trinajstić information content (AvgIpc) is 2.65. The molecule has 108 valence electrons. The monoisotopic (exact) mass is 344 g/mol. The predicted molar refractivity (Wildman–Crippen MR) is 79.2 cm³/mol. The van der Waals surface area contributed by atoms with Crippen LogP contribution in [0.1, 0.15) is 16.1 Å². The van der Waals surface area contributed by atoms with Gasteiger partial charge < -0.3 is 5.73 Å². The number of hydrogen-bond acceptors (Lipinski definition) is 4. The van der Waals surface area contributed by atoms with Crippen molar-refractivity contribution < 1.29 is 9.59 Å². The first-order valence-corrected chi connectivity index (χ1v) is 6.88. The molecule has 0 saturated heterocycles. The number of imide groups is 1. The van der Waals surface area contributed by atoms with Crippen molar-refractivity contribution in [1.29, 1.82) is 0 Å². The van der Waals surface area contributed by atoms with Crippen molar-refractivity contribution in [2.45, 2.75) is 6.42 Å². The third-order valence-corrected chi connectivity index (χ3v) is 3.79. The van der Waals surface area contributed by atoms with Crippen molar-refractivity contribution >= 4 is 52.4 Å². The third-order valence-electron chi connectivity index (χ3n) is 3.00. The van der Waals surface area contributed by atoms with Crippen LogP contribution in [0.3, 0.4) is 0 Å². The zero-order valence-corrected chi connectivity index (χ0v) is 12.6. The zero-order chi connectivity index (χ0) is 15.3. The molecule has 0 unspecified atom stereocenters. The second-order valence-corrected chi connectivity index (χ2v) is 5.64. The number of carbonyl (C=O) groups is 2. The molecule has 6 nitrogen and oxygen atoms in total. The first-order valence-electron chi connectivity index (χ1n) is 5.75.